The van der Waals surface area contributed by atoms with E-state index in [1.165, 1.54) is 29.9 Å². The first kappa shape index (κ1) is 30.3. The number of rotatable bonds is 13. The number of benzene rings is 3. The minimum absolute atomic E-state index is 0.0130. The number of nitrogens with one attached hydrogen (secondary N) is 1. The zero-order valence-electron chi connectivity index (χ0n) is 23.3. The summed E-state index contributed by atoms with van der Waals surface area (Å²) in [6.45, 7) is 4.80. The van der Waals surface area contributed by atoms with Crippen LogP contribution in [-0.2, 0) is 26.0 Å². The number of thioether (sulfide) groups is 1. The van der Waals surface area contributed by atoms with Crippen molar-refractivity contribution in [3.8, 4) is 5.75 Å². The Balaban J connectivity index is 1.45. The van der Waals surface area contributed by atoms with Crippen molar-refractivity contribution in [1.82, 2.24) is 0 Å². The van der Waals surface area contributed by atoms with E-state index in [-0.39, 0.29) is 22.4 Å². The zero-order valence-corrected chi connectivity index (χ0v) is 24.9. The van der Waals surface area contributed by atoms with Crippen LogP contribution in [0.5, 0.6) is 5.75 Å². The van der Waals surface area contributed by atoms with Crippen LogP contribution < -0.4 is 15.0 Å². The maximum atomic E-state index is 13.5. The molecule has 1 aliphatic rings. The third-order valence-electron chi connectivity index (χ3n) is 6.55. The number of aryl methyl sites for hydroxylation is 1. The van der Waals surface area contributed by atoms with Crippen LogP contribution in [0.1, 0.15) is 51.5 Å². The SMILES string of the molecule is CCCCCCOc1ccc(NC(=O)CC2SC(=NS(=O)(=O)c3ccc(CC)cc3)N(c3ccccc3)C2=O)cc1. The standard InChI is InChI=1S/C31H35N3O5S2/c1-3-5-6-10-21-39-26-17-15-24(16-18-26)32-29(35)22-28-30(36)34(25-11-8-7-9-12-25)31(40-28)33-41(37,38)27-19-13-23(4-2)14-20-27/h7-9,11-20,28H,3-6,10,21-22H2,1-2H3,(H,32,35). The second-order valence-corrected chi connectivity index (χ2v) is 12.4. The molecule has 41 heavy (non-hydrogen) atoms. The maximum absolute atomic E-state index is 13.5. The van der Waals surface area contributed by atoms with Gasteiger partial charge in [0.2, 0.25) is 11.8 Å². The van der Waals surface area contributed by atoms with Crippen molar-refractivity contribution >= 4 is 50.1 Å². The fourth-order valence-electron chi connectivity index (χ4n) is 4.26. The van der Waals surface area contributed by atoms with Crippen molar-refractivity contribution in [2.24, 2.45) is 4.40 Å². The van der Waals surface area contributed by atoms with Gasteiger partial charge in [-0.25, -0.2) is 0 Å². The molecule has 8 nitrogen and oxygen atoms in total. The second-order valence-electron chi connectivity index (χ2n) is 9.65. The molecule has 1 atom stereocenters. The van der Waals surface area contributed by atoms with E-state index in [9.17, 15) is 18.0 Å². The normalized spacial score (nSPS) is 16.2. The summed E-state index contributed by atoms with van der Waals surface area (Å²) in [6.07, 6.45) is 5.12. The van der Waals surface area contributed by atoms with Crippen LogP contribution in [0, 0.1) is 0 Å². The van der Waals surface area contributed by atoms with Crippen molar-refractivity contribution in [2.75, 3.05) is 16.8 Å². The molecule has 2 amide bonds. The predicted molar refractivity (Wildman–Crippen MR) is 165 cm³/mol. The van der Waals surface area contributed by atoms with Crippen molar-refractivity contribution in [3.63, 3.8) is 0 Å². The highest BCUT2D eigenvalue weighted by Crippen LogP contribution is 2.35. The summed E-state index contributed by atoms with van der Waals surface area (Å²) in [5.41, 5.74) is 2.06. The van der Waals surface area contributed by atoms with Gasteiger partial charge in [-0.2, -0.15) is 8.42 Å². The fraction of sp³-hybridized carbons (Fsp3) is 0.323. The average molecular weight is 594 g/mol. The van der Waals surface area contributed by atoms with E-state index in [4.69, 9.17) is 4.74 Å². The Morgan fingerprint density at radius 2 is 1.66 bits per heavy atom. The Morgan fingerprint density at radius 1 is 0.951 bits per heavy atom. The second kappa shape index (κ2) is 14.3. The van der Waals surface area contributed by atoms with Gasteiger partial charge in [0.05, 0.1) is 17.2 Å². The number of anilines is 2. The number of unbranched alkanes of at least 4 members (excludes halogenated alkanes) is 3. The van der Waals surface area contributed by atoms with E-state index in [0.29, 0.717) is 18.0 Å². The van der Waals surface area contributed by atoms with E-state index in [0.717, 1.165) is 42.3 Å². The van der Waals surface area contributed by atoms with Gasteiger partial charge in [-0.15, -0.1) is 4.40 Å². The molecule has 0 saturated carbocycles. The number of carbonyl (C=O) groups excluding carboxylic acids is 2. The number of hydrogen-bond acceptors (Lipinski definition) is 6. The third-order valence-corrected chi connectivity index (χ3v) is 9.09. The summed E-state index contributed by atoms with van der Waals surface area (Å²) in [5.74, 6) is -0.0410. The number of sulfonamides is 1. The summed E-state index contributed by atoms with van der Waals surface area (Å²) >= 11 is 0.973. The quantitative estimate of drug-likeness (QED) is 0.229. The van der Waals surface area contributed by atoms with Crippen molar-refractivity contribution in [1.29, 1.82) is 0 Å². The Labute approximate surface area is 246 Å². The number of para-hydroxylation sites is 1. The average Bonchev–Trinajstić information content (AvgIpc) is 3.27. The molecule has 216 valence electrons. The topological polar surface area (TPSA) is 105 Å². The molecule has 0 spiro atoms. The summed E-state index contributed by atoms with van der Waals surface area (Å²) in [5, 5.41) is 2.00. The molecule has 10 heteroatoms. The lowest BCUT2D eigenvalue weighted by Crippen LogP contribution is -2.33. The van der Waals surface area contributed by atoms with E-state index in [1.54, 1.807) is 66.7 Å². The van der Waals surface area contributed by atoms with Gasteiger partial charge in [0.25, 0.3) is 10.0 Å². The summed E-state index contributed by atoms with van der Waals surface area (Å²) < 4.78 is 36.1. The lowest BCUT2D eigenvalue weighted by molar-refractivity contribution is -0.121. The molecule has 1 unspecified atom stereocenters. The molecule has 0 aliphatic carbocycles. The van der Waals surface area contributed by atoms with Crippen LogP contribution in [0.2, 0.25) is 0 Å². The zero-order chi connectivity index (χ0) is 29.2. The molecule has 4 rings (SSSR count). The van der Waals surface area contributed by atoms with Crippen LogP contribution >= 0.6 is 11.8 Å². The first-order valence-electron chi connectivity index (χ1n) is 13.8. The van der Waals surface area contributed by atoms with Crippen LogP contribution in [0.25, 0.3) is 0 Å². The van der Waals surface area contributed by atoms with Gasteiger partial charge in [-0.1, -0.05) is 75.2 Å². The van der Waals surface area contributed by atoms with Gasteiger partial charge in [0.1, 0.15) is 11.0 Å². The molecular weight excluding hydrogens is 558 g/mol. The van der Waals surface area contributed by atoms with Gasteiger partial charge < -0.3 is 10.1 Å². The number of hydrogen-bond donors (Lipinski definition) is 1. The third kappa shape index (κ3) is 8.20. The highest BCUT2D eigenvalue weighted by Gasteiger charge is 2.41. The minimum Gasteiger partial charge on any atom is -0.494 e. The molecular formula is C31H35N3O5S2. The molecule has 1 aliphatic heterocycles. The molecule has 3 aromatic rings. The molecule has 1 saturated heterocycles. The monoisotopic (exact) mass is 593 g/mol. The number of amidine groups is 1. The van der Waals surface area contributed by atoms with E-state index in [1.807, 2.05) is 6.92 Å². The molecule has 1 heterocycles. The molecule has 0 radical (unpaired) electrons. The van der Waals surface area contributed by atoms with Gasteiger partial charge in [-0.3, -0.25) is 14.5 Å². The van der Waals surface area contributed by atoms with Crippen LogP contribution in [0.3, 0.4) is 0 Å². The summed E-state index contributed by atoms with van der Waals surface area (Å²) in [4.78, 5) is 27.7. The lowest BCUT2D eigenvalue weighted by atomic mass is 10.2. The minimum atomic E-state index is -4.09. The Morgan fingerprint density at radius 3 is 2.32 bits per heavy atom. The highest BCUT2D eigenvalue weighted by molar-refractivity contribution is 8.16. The summed E-state index contributed by atoms with van der Waals surface area (Å²) in [7, 11) is -4.09. The molecule has 0 aromatic heterocycles. The Hall–Kier alpha value is -3.63. The summed E-state index contributed by atoms with van der Waals surface area (Å²) in [6, 6.07) is 22.3. The van der Waals surface area contributed by atoms with E-state index < -0.39 is 21.2 Å². The van der Waals surface area contributed by atoms with Gasteiger partial charge >= 0.3 is 0 Å². The van der Waals surface area contributed by atoms with Crippen LogP contribution in [-0.4, -0.2) is 37.3 Å². The van der Waals surface area contributed by atoms with E-state index >= 15 is 0 Å². The number of ether oxygens (including phenoxy) is 1. The molecule has 3 aromatic carbocycles. The predicted octanol–water partition coefficient (Wildman–Crippen LogP) is 6.43. The number of amides is 2. The highest BCUT2D eigenvalue weighted by atomic mass is 32.2. The molecule has 1 N–H and O–H groups in total. The Bertz CT molecular complexity index is 1460. The van der Waals surface area contributed by atoms with Crippen molar-refractivity contribution < 1.29 is 22.7 Å². The van der Waals surface area contributed by atoms with Crippen LogP contribution in [0.4, 0.5) is 11.4 Å². The van der Waals surface area contributed by atoms with Gasteiger partial charge in [-0.05, 0) is 66.9 Å². The lowest BCUT2D eigenvalue weighted by Gasteiger charge is -2.16. The fourth-order valence-corrected chi connectivity index (χ4v) is 6.60. The van der Waals surface area contributed by atoms with Crippen LogP contribution in [0.15, 0.2) is 88.2 Å². The maximum Gasteiger partial charge on any atom is 0.284 e. The van der Waals surface area contributed by atoms with Crippen molar-refractivity contribution in [3.05, 3.63) is 84.4 Å². The number of carbonyl (C=O) groups is 2. The first-order valence-corrected chi connectivity index (χ1v) is 16.1. The molecule has 1 fully saturated rings. The largest absolute Gasteiger partial charge is 0.494 e. The first-order chi connectivity index (χ1) is 19.8. The number of nitrogens with zero attached hydrogens (tertiary/aromatic N) is 2. The molecule has 0 bridgehead atoms. The Kier molecular flexibility index (Phi) is 10.6. The van der Waals surface area contributed by atoms with Crippen molar-refractivity contribution in [2.45, 2.75) is 62.5 Å². The smallest absolute Gasteiger partial charge is 0.284 e. The van der Waals surface area contributed by atoms with E-state index in [2.05, 4.69) is 16.6 Å². The van der Waals surface area contributed by atoms with Gasteiger partial charge in [0.15, 0.2) is 5.17 Å². The van der Waals surface area contributed by atoms with Gasteiger partial charge in [0, 0.05) is 12.1 Å².